The fourth-order valence-corrected chi connectivity index (χ4v) is 6.06. The van der Waals surface area contributed by atoms with Crippen molar-refractivity contribution in [3.05, 3.63) is 52.6 Å². The maximum Gasteiger partial charge on any atom is 0.244 e. The highest BCUT2D eigenvalue weighted by molar-refractivity contribution is 9.10. The molecule has 2 aromatic carbocycles. The van der Waals surface area contributed by atoms with Crippen molar-refractivity contribution in [3.63, 3.8) is 0 Å². The molecule has 40 heavy (non-hydrogen) atoms. The van der Waals surface area contributed by atoms with E-state index in [1.54, 1.807) is 14.0 Å². The van der Waals surface area contributed by atoms with Crippen LogP contribution in [-0.4, -0.2) is 71.2 Å². The largest absolute Gasteiger partial charge is 0.495 e. The molecule has 3 atom stereocenters. The van der Waals surface area contributed by atoms with E-state index in [2.05, 4.69) is 47.4 Å². The molecule has 214 valence electrons. The highest BCUT2D eigenvalue weighted by Crippen LogP contribution is 2.34. The number of methoxy groups -OCH3 is 1. The number of nitrogen functional groups attached to an aromatic ring is 1. The van der Waals surface area contributed by atoms with E-state index in [1.165, 1.54) is 10.9 Å². The zero-order valence-electron chi connectivity index (χ0n) is 22.6. The number of amides is 1. The van der Waals surface area contributed by atoms with Gasteiger partial charge in [-0.05, 0) is 53.9 Å². The second-order valence-electron chi connectivity index (χ2n) is 10.4. The monoisotopic (exact) mass is 617 g/mol. The number of nitrogens with one attached hydrogen (secondary N) is 1. The van der Waals surface area contributed by atoms with Crippen molar-refractivity contribution >= 4 is 33.2 Å². The van der Waals surface area contributed by atoms with Gasteiger partial charge in [-0.2, -0.15) is 0 Å². The highest BCUT2D eigenvalue weighted by atomic mass is 79.9. The Labute approximate surface area is 240 Å². The number of aromatic nitrogens is 3. The maximum absolute atomic E-state index is 14.3. The first-order chi connectivity index (χ1) is 19.3. The lowest BCUT2D eigenvalue weighted by molar-refractivity contribution is -0.125. The molecular weight excluding hydrogens is 584 g/mol. The molecule has 0 radical (unpaired) electrons. The number of ether oxygens (including phenoxy) is 1. The van der Waals surface area contributed by atoms with Gasteiger partial charge in [0.15, 0.2) is 5.82 Å². The second kappa shape index (κ2) is 12.1. The number of piperazine rings is 1. The Kier molecular flexibility index (Phi) is 8.55. The number of hydrogen-bond acceptors (Lipinski definition) is 7. The summed E-state index contributed by atoms with van der Waals surface area (Å²) in [5.74, 6) is -0.999. The maximum atomic E-state index is 14.3. The molecule has 2 aliphatic rings. The smallest absolute Gasteiger partial charge is 0.244 e. The number of anilines is 2. The molecule has 1 aromatic heterocycles. The Morgan fingerprint density at radius 2 is 1.90 bits per heavy atom. The number of nitrogens with two attached hydrogens (primary N) is 1. The number of carbonyl (C=O) groups excluding carboxylic acids is 1. The van der Waals surface area contributed by atoms with Crippen LogP contribution in [0.5, 0.6) is 5.75 Å². The van der Waals surface area contributed by atoms with Crippen LogP contribution in [0.3, 0.4) is 0 Å². The van der Waals surface area contributed by atoms with Crippen LogP contribution in [0.2, 0.25) is 0 Å². The molecule has 2 fully saturated rings. The SMILES string of the molecule is COc1ccccc1N1CCN(C2CCCCC2NC(=O)C(C)n2cc(-c3cc(F)c(Br)c(F)c3N)nn2)CC1. The molecule has 9 nitrogen and oxygen atoms in total. The predicted octanol–water partition coefficient (Wildman–Crippen LogP) is 4.39. The summed E-state index contributed by atoms with van der Waals surface area (Å²) in [5, 5.41) is 11.3. The summed E-state index contributed by atoms with van der Waals surface area (Å²) in [6, 6.07) is 8.79. The lowest BCUT2D eigenvalue weighted by Crippen LogP contribution is -2.58. The summed E-state index contributed by atoms with van der Waals surface area (Å²) < 4.78 is 35.0. The van der Waals surface area contributed by atoms with Gasteiger partial charge in [0.2, 0.25) is 5.91 Å². The van der Waals surface area contributed by atoms with Gasteiger partial charge in [0.25, 0.3) is 0 Å². The first kappa shape index (κ1) is 28.3. The van der Waals surface area contributed by atoms with E-state index in [9.17, 15) is 13.6 Å². The third-order valence-corrected chi connectivity index (χ3v) is 8.76. The fraction of sp³-hybridized carbons (Fsp3) is 0.464. The Morgan fingerprint density at radius 3 is 2.65 bits per heavy atom. The van der Waals surface area contributed by atoms with Crippen molar-refractivity contribution in [1.29, 1.82) is 0 Å². The fourth-order valence-electron chi connectivity index (χ4n) is 5.74. The second-order valence-corrected chi connectivity index (χ2v) is 11.2. The molecule has 1 amide bonds. The van der Waals surface area contributed by atoms with E-state index in [4.69, 9.17) is 10.5 Å². The Bertz CT molecular complexity index is 1360. The van der Waals surface area contributed by atoms with Crippen LogP contribution in [0, 0.1) is 11.6 Å². The van der Waals surface area contributed by atoms with Gasteiger partial charge in [-0.1, -0.05) is 30.2 Å². The van der Waals surface area contributed by atoms with Gasteiger partial charge in [0.05, 0.1) is 29.2 Å². The Balaban J connectivity index is 1.23. The summed E-state index contributed by atoms with van der Waals surface area (Å²) in [4.78, 5) is 18.2. The summed E-state index contributed by atoms with van der Waals surface area (Å²) in [5.41, 5.74) is 6.98. The number of hydrogen-bond donors (Lipinski definition) is 2. The summed E-state index contributed by atoms with van der Waals surface area (Å²) in [7, 11) is 1.70. The van der Waals surface area contributed by atoms with Crippen molar-refractivity contribution in [1.82, 2.24) is 25.2 Å². The number of rotatable bonds is 7. The first-order valence-electron chi connectivity index (χ1n) is 13.6. The van der Waals surface area contributed by atoms with Gasteiger partial charge in [-0.25, -0.2) is 13.5 Å². The molecular formula is C28H34BrF2N7O2. The summed E-state index contributed by atoms with van der Waals surface area (Å²) >= 11 is 2.85. The molecule has 3 unspecified atom stereocenters. The van der Waals surface area contributed by atoms with Crippen molar-refractivity contribution in [2.24, 2.45) is 0 Å². The number of nitrogens with zero attached hydrogens (tertiary/aromatic N) is 5. The standard InChI is InChI=1S/C28H34BrF2N7O2/c1-17(38-16-21(34-35-38)18-15-19(30)25(29)26(31)27(18)32)28(39)33-20-7-3-4-8-22(20)36-11-13-37(14-12-36)23-9-5-6-10-24(23)40-2/h5-6,9-10,15-17,20,22H,3-4,7-8,11-14,32H2,1-2H3,(H,33,39). The van der Waals surface area contributed by atoms with Crippen LogP contribution in [0.1, 0.15) is 38.6 Å². The molecule has 1 saturated carbocycles. The van der Waals surface area contributed by atoms with Crippen LogP contribution in [0.25, 0.3) is 11.3 Å². The zero-order chi connectivity index (χ0) is 28.4. The van der Waals surface area contributed by atoms with Crippen molar-refractivity contribution in [2.45, 2.75) is 50.7 Å². The molecule has 3 N–H and O–H groups in total. The van der Waals surface area contributed by atoms with Crippen LogP contribution in [0.4, 0.5) is 20.2 Å². The summed E-state index contributed by atoms with van der Waals surface area (Å²) in [6.07, 6.45) is 5.62. The third kappa shape index (κ3) is 5.64. The highest BCUT2D eigenvalue weighted by Gasteiger charge is 2.34. The van der Waals surface area contributed by atoms with Crippen LogP contribution in [0.15, 0.2) is 41.0 Å². The average molecular weight is 619 g/mol. The van der Waals surface area contributed by atoms with Crippen LogP contribution in [-0.2, 0) is 4.79 Å². The number of carbonyl (C=O) groups is 1. The normalized spacial score (nSPS) is 20.8. The third-order valence-electron chi connectivity index (χ3n) is 8.03. The molecule has 0 spiro atoms. The lowest BCUT2D eigenvalue weighted by atomic mass is 9.88. The number of benzene rings is 2. The van der Waals surface area contributed by atoms with Gasteiger partial charge >= 0.3 is 0 Å². The zero-order valence-corrected chi connectivity index (χ0v) is 24.2. The predicted molar refractivity (Wildman–Crippen MR) is 153 cm³/mol. The molecule has 1 saturated heterocycles. The lowest BCUT2D eigenvalue weighted by Gasteiger charge is -2.45. The molecule has 1 aliphatic heterocycles. The molecule has 3 aromatic rings. The van der Waals surface area contributed by atoms with E-state index in [0.29, 0.717) is 0 Å². The summed E-state index contributed by atoms with van der Waals surface area (Å²) in [6.45, 7) is 5.30. The Hall–Kier alpha value is -3.25. The Morgan fingerprint density at radius 1 is 1.18 bits per heavy atom. The molecule has 2 heterocycles. The van der Waals surface area contributed by atoms with Gasteiger partial charge < -0.3 is 20.7 Å². The van der Waals surface area contributed by atoms with Gasteiger partial charge in [0.1, 0.15) is 23.3 Å². The van der Waals surface area contributed by atoms with Crippen LogP contribution >= 0.6 is 15.9 Å². The van der Waals surface area contributed by atoms with E-state index in [0.717, 1.165) is 69.4 Å². The first-order valence-corrected chi connectivity index (χ1v) is 14.3. The van der Waals surface area contributed by atoms with Crippen LogP contribution < -0.4 is 20.7 Å². The minimum absolute atomic E-state index is 0.0230. The average Bonchev–Trinajstić information content (AvgIpc) is 3.48. The van der Waals surface area contributed by atoms with E-state index in [1.807, 2.05) is 18.2 Å². The van der Waals surface area contributed by atoms with E-state index >= 15 is 0 Å². The minimum atomic E-state index is -0.901. The number of para-hydroxylation sites is 2. The minimum Gasteiger partial charge on any atom is -0.495 e. The molecule has 5 rings (SSSR count). The molecule has 12 heteroatoms. The van der Waals surface area contributed by atoms with Crippen molar-refractivity contribution in [3.8, 4) is 17.0 Å². The van der Waals surface area contributed by atoms with Crippen molar-refractivity contribution in [2.75, 3.05) is 43.9 Å². The molecule has 0 bridgehead atoms. The van der Waals surface area contributed by atoms with Gasteiger partial charge in [0, 0.05) is 43.8 Å². The number of halogens is 3. The quantitative estimate of drug-likeness (QED) is 0.299. The van der Waals surface area contributed by atoms with Gasteiger partial charge in [-0.15, -0.1) is 5.10 Å². The molecule has 1 aliphatic carbocycles. The topological polar surface area (TPSA) is 102 Å². The van der Waals surface area contributed by atoms with Crippen molar-refractivity contribution < 1.29 is 18.3 Å². The van der Waals surface area contributed by atoms with E-state index in [-0.39, 0.29) is 39.4 Å². The van der Waals surface area contributed by atoms with Gasteiger partial charge in [-0.3, -0.25) is 9.69 Å². The van der Waals surface area contributed by atoms with E-state index < -0.39 is 17.7 Å².